The van der Waals surface area contributed by atoms with E-state index in [2.05, 4.69) is 29.2 Å². The Morgan fingerprint density at radius 1 is 1.00 bits per heavy atom. The van der Waals surface area contributed by atoms with E-state index >= 15 is 0 Å². The summed E-state index contributed by atoms with van der Waals surface area (Å²) >= 11 is 13.8. The van der Waals surface area contributed by atoms with Crippen molar-refractivity contribution in [2.75, 3.05) is 0 Å². The molecule has 3 nitrogen and oxygen atoms in total. The first-order valence-corrected chi connectivity index (χ1v) is 11.0. The molecule has 0 aliphatic rings. The first-order chi connectivity index (χ1) is 14.5. The van der Waals surface area contributed by atoms with Crippen LogP contribution in [0.4, 0.5) is 0 Å². The van der Waals surface area contributed by atoms with Crippen molar-refractivity contribution in [1.29, 1.82) is 0 Å². The van der Waals surface area contributed by atoms with E-state index in [1.807, 2.05) is 31.2 Å². The van der Waals surface area contributed by atoms with Crippen LogP contribution < -0.4 is 5.56 Å². The molecule has 0 aliphatic carbocycles. The van der Waals surface area contributed by atoms with Gasteiger partial charge in [0.25, 0.3) is 5.56 Å². The van der Waals surface area contributed by atoms with Crippen LogP contribution in [0.25, 0.3) is 32.1 Å². The number of halogens is 2. The molecule has 1 N–H and O–H groups in total. The molecule has 0 saturated carbocycles. The first-order valence-electron chi connectivity index (χ1n) is 9.45. The van der Waals surface area contributed by atoms with Crippen molar-refractivity contribution in [3.8, 4) is 11.1 Å². The van der Waals surface area contributed by atoms with Gasteiger partial charge in [0.15, 0.2) is 0 Å². The van der Waals surface area contributed by atoms with Crippen LogP contribution in [0.15, 0.2) is 65.5 Å². The average Bonchev–Trinajstić information content (AvgIpc) is 3.07. The Hall–Kier alpha value is -2.66. The number of fused-ring (bicyclic) bond motifs is 2. The Labute approximate surface area is 186 Å². The molecule has 0 radical (unpaired) electrons. The highest BCUT2D eigenvalue weighted by Crippen LogP contribution is 2.38. The molecule has 5 rings (SSSR count). The van der Waals surface area contributed by atoms with E-state index in [1.54, 1.807) is 12.1 Å². The summed E-state index contributed by atoms with van der Waals surface area (Å²) in [4.78, 5) is 22.6. The van der Waals surface area contributed by atoms with Crippen LogP contribution in [0.5, 0.6) is 0 Å². The van der Waals surface area contributed by atoms with E-state index in [4.69, 9.17) is 28.2 Å². The predicted molar refractivity (Wildman–Crippen MR) is 127 cm³/mol. The number of hydrogen-bond donors (Lipinski definition) is 1. The molecule has 0 spiro atoms. The molecule has 148 valence electrons. The van der Waals surface area contributed by atoms with Gasteiger partial charge >= 0.3 is 0 Å². The lowest BCUT2D eigenvalue weighted by Gasteiger charge is -2.07. The standard InChI is InChI=1S/C24H16Cl2N2OS/c1-13-21(16-9-10-18(25)19(26)11-16)22-23(29)27-20(28-24(22)30-13)12-15-7-4-6-14-5-2-3-8-17(14)15/h2-11H,12H2,1H3,(H,27,28,29). The predicted octanol–water partition coefficient (Wildman–Crippen LogP) is 7.01. The summed E-state index contributed by atoms with van der Waals surface area (Å²) in [6, 6.07) is 19.9. The highest BCUT2D eigenvalue weighted by molar-refractivity contribution is 7.19. The summed E-state index contributed by atoms with van der Waals surface area (Å²) in [6.07, 6.45) is 0.561. The third kappa shape index (κ3) is 3.31. The molecule has 0 saturated heterocycles. The zero-order chi connectivity index (χ0) is 20.8. The molecule has 0 amide bonds. The topological polar surface area (TPSA) is 45.8 Å². The minimum Gasteiger partial charge on any atom is -0.310 e. The number of benzene rings is 3. The Morgan fingerprint density at radius 3 is 2.63 bits per heavy atom. The minimum absolute atomic E-state index is 0.138. The van der Waals surface area contributed by atoms with Crippen LogP contribution in [0, 0.1) is 6.92 Å². The van der Waals surface area contributed by atoms with E-state index in [9.17, 15) is 4.79 Å². The third-order valence-corrected chi connectivity index (χ3v) is 6.97. The second-order valence-corrected chi connectivity index (χ2v) is 9.19. The fourth-order valence-corrected chi connectivity index (χ4v) is 5.24. The lowest BCUT2D eigenvalue weighted by Crippen LogP contribution is -2.12. The molecule has 30 heavy (non-hydrogen) atoms. The van der Waals surface area contributed by atoms with Gasteiger partial charge in [-0.1, -0.05) is 71.7 Å². The number of aromatic nitrogens is 2. The number of aromatic amines is 1. The molecular formula is C24H16Cl2N2OS. The number of thiophene rings is 1. The maximum Gasteiger partial charge on any atom is 0.260 e. The van der Waals surface area contributed by atoms with Gasteiger partial charge in [-0.15, -0.1) is 11.3 Å². The lowest BCUT2D eigenvalue weighted by molar-refractivity contribution is 0.983. The van der Waals surface area contributed by atoms with E-state index in [0.717, 1.165) is 26.4 Å². The van der Waals surface area contributed by atoms with Crippen molar-refractivity contribution in [3.63, 3.8) is 0 Å². The van der Waals surface area contributed by atoms with E-state index in [-0.39, 0.29) is 5.56 Å². The van der Waals surface area contributed by atoms with Crippen LogP contribution in [-0.4, -0.2) is 9.97 Å². The maximum absolute atomic E-state index is 13.1. The van der Waals surface area contributed by atoms with E-state index in [1.165, 1.54) is 22.1 Å². The summed E-state index contributed by atoms with van der Waals surface area (Å²) in [5.74, 6) is 0.658. The summed E-state index contributed by atoms with van der Waals surface area (Å²) in [7, 11) is 0. The Bertz CT molecular complexity index is 1480. The van der Waals surface area contributed by atoms with Gasteiger partial charge < -0.3 is 4.98 Å². The summed E-state index contributed by atoms with van der Waals surface area (Å²) in [5.41, 5.74) is 2.72. The Morgan fingerprint density at radius 2 is 1.80 bits per heavy atom. The number of hydrogen-bond acceptors (Lipinski definition) is 3. The van der Waals surface area contributed by atoms with Gasteiger partial charge in [0, 0.05) is 16.9 Å². The zero-order valence-corrected chi connectivity index (χ0v) is 18.3. The first kappa shape index (κ1) is 19.3. The normalized spacial score (nSPS) is 11.4. The second kappa shape index (κ2) is 7.55. The molecule has 0 fully saturated rings. The number of rotatable bonds is 3. The molecular weight excluding hydrogens is 435 g/mol. The maximum atomic E-state index is 13.1. The van der Waals surface area contributed by atoms with Crippen LogP contribution in [0.1, 0.15) is 16.3 Å². The third-order valence-electron chi connectivity index (χ3n) is 5.23. The monoisotopic (exact) mass is 450 g/mol. The van der Waals surface area contributed by atoms with Crippen molar-refractivity contribution >= 4 is 55.5 Å². The molecule has 0 atom stereocenters. The molecule has 2 aromatic heterocycles. The fourth-order valence-electron chi connectivity index (χ4n) is 3.87. The molecule has 6 heteroatoms. The zero-order valence-electron chi connectivity index (χ0n) is 16.0. The van der Waals surface area contributed by atoms with Crippen molar-refractivity contribution in [2.45, 2.75) is 13.3 Å². The second-order valence-electron chi connectivity index (χ2n) is 7.17. The van der Waals surface area contributed by atoms with Gasteiger partial charge in [-0.3, -0.25) is 4.79 Å². The molecule has 3 aromatic carbocycles. The highest BCUT2D eigenvalue weighted by atomic mass is 35.5. The smallest absolute Gasteiger partial charge is 0.260 e. The van der Waals surface area contributed by atoms with Gasteiger partial charge in [0.05, 0.1) is 15.4 Å². The molecule has 2 heterocycles. The fraction of sp³-hybridized carbons (Fsp3) is 0.0833. The van der Waals surface area contributed by atoms with Crippen molar-refractivity contribution in [3.05, 3.63) is 97.3 Å². The summed E-state index contributed by atoms with van der Waals surface area (Å²) in [6.45, 7) is 1.99. The molecule has 5 aromatic rings. The van der Waals surface area contributed by atoms with Crippen LogP contribution in [0.2, 0.25) is 10.0 Å². The minimum atomic E-state index is -0.138. The number of H-pyrrole nitrogens is 1. The van der Waals surface area contributed by atoms with Gasteiger partial charge in [0.2, 0.25) is 0 Å². The summed E-state index contributed by atoms with van der Waals surface area (Å²) in [5, 5.41) is 3.89. The molecule has 0 aliphatic heterocycles. The quantitative estimate of drug-likeness (QED) is 0.321. The van der Waals surface area contributed by atoms with Crippen molar-refractivity contribution in [2.24, 2.45) is 0 Å². The van der Waals surface area contributed by atoms with Crippen LogP contribution >= 0.6 is 34.5 Å². The lowest BCUT2D eigenvalue weighted by atomic mass is 10.0. The Kier molecular flexibility index (Phi) is 4.86. The van der Waals surface area contributed by atoms with Crippen LogP contribution in [0.3, 0.4) is 0 Å². The van der Waals surface area contributed by atoms with Gasteiger partial charge in [-0.05, 0) is 41.0 Å². The van der Waals surface area contributed by atoms with Gasteiger partial charge in [0.1, 0.15) is 10.7 Å². The van der Waals surface area contributed by atoms with E-state index in [0.29, 0.717) is 27.7 Å². The largest absolute Gasteiger partial charge is 0.310 e. The summed E-state index contributed by atoms with van der Waals surface area (Å²) < 4.78 is 0. The van der Waals surface area contributed by atoms with E-state index < -0.39 is 0 Å². The SMILES string of the molecule is Cc1sc2nc(Cc3cccc4ccccc34)[nH]c(=O)c2c1-c1ccc(Cl)c(Cl)c1. The van der Waals surface area contributed by atoms with Crippen LogP contribution in [-0.2, 0) is 6.42 Å². The average molecular weight is 451 g/mol. The molecule has 0 bridgehead atoms. The van der Waals surface area contributed by atoms with Gasteiger partial charge in [-0.25, -0.2) is 4.98 Å². The highest BCUT2D eigenvalue weighted by Gasteiger charge is 2.18. The molecule has 0 unspecified atom stereocenters. The number of nitrogens with one attached hydrogen (secondary N) is 1. The number of aryl methyl sites for hydroxylation is 1. The Balaban J connectivity index is 1.63. The van der Waals surface area contributed by atoms with Gasteiger partial charge in [-0.2, -0.15) is 0 Å². The van der Waals surface area contributed by atoms with Crippen molar-refractivity contribution < 1.29 is 0 Å². The van der Waals surface area contributed by atoms with Crippen molar-refractivity contribution in [1.82, 2.24) is 9.97 Å². The number of nitrogens with zero attached hydrogens (tertiary/aromatic N) is 1.